The van der Waals surface area contributed by atoms with E-state index in [1.165, 1.54) is 18.2 Å². The fourth-order valence-electron chi connectivity index (χ4n) is 1.09. The van der Waals surface area contributed by atoms with Gasteiger partial charge in [0, 0.05) is 6.54 Å². The highest BCUT2D eigenvalue weighted by atomic mass is 32.2. The smallest absolute Gasteiger partial charge is 0.335 e. The normalized spacial score (nSPS) is 10.3. The highest BCUT2D eigenvalue weighted by Gasteiger charge is 2.07. The number of rotatable bonds is 4. The molecule has 0 unspecified atom stereocenters. The van der Waals surface area contributed by atoms with E-state index in [0.29, 0.717) is 5.56 Å². The van der Waals surface area contributed by atoms with Crippen molar-refractivity contribution >= 4 is 22.5 Å². The van der Waals surface area contributed by atoms with Crippen LogP contribution >= 0.6 is 0 Å². The number of hydrogen-bond acceptors (Lipinski definition) is 4. The van der Waals surface area contributed by atoms with Crippen molar-refractivity contribution in [2.75, 3.05) is 4.72 Å². The quantitative estimate of drug-likeness (QED) is 0.535. The lowest BCUT2D eigenvalue weighted by molar-refractivity contribution is 0.0697. The summed E-state index contributed by atoms with van der Waals surface area (Å²) in [6, 6.07) is 4.08. The molecule has 1 rings (SSSR count). The van der Waals surface area contributed by atoms with E-state index < -0.39 is 16.9 Å². The standard InChI is InChI=1S/C8H10N2O4S/c9-4-6-2-1-5(8(11)12)3-7(6)10-15(13)14/h1-3,15H,4,9H2,(H,11,12)(H,10,13,14). The Labute approximate surface area is 87.8 Å². The van der Waals surface area contributed by atoms with Gasteiger partial charge in [-0.3, -0.25) is 4.72 Å². The molecule has 0 atom stereocenters. The van der Waals surface area contributed by atoms with Crippen molar-refractivity contribution in [3.63, 3.8) is 0 Å². The highest BCUT2D eigenvalue weighted by molar-refractivity contribution is 7.73. The van der Waals surface area contributed by atoms with Gasteiger partial charge in [-0.15, -0.1) is 0 Å². The Hall–Kier alpha value is -1.60. The van der Waals surface area contributed by atoms with Crippen molar-refractivity contribution in [2.24, 2.45) is 5.73 Å². The van der Waals surface area contributed by atoms with Gasteiger partial charge in [0.05, 0.1) is 11.3 Å². The first kappa shape index (κ1) is 11.5. The van der Waals surface area contributed by atoms with Crippen LogP contribution in [-0.2, 0) is 17.4 Å². The SMILES string of the molecule is NCc1ccc(C(=O)O)cc1N[SH](=O)=O. The molecule has 0 radical (unpaired) electrons. The van der Waals surface area contributed by atoms with Crippen LogP contribution in [0.1, 0.15) is 15.9 Å². The molecule has 0 saturated carbocycles. The molecule has 0 aliphatic carbocycles. The van der Waals surface area contributed by atoms with Crippen molar-refractivity contribution in [1.29, 1.82) is 0 Å². The van der Waals surface area contributed by atoms with Crippen LogP contribution in [0.15, 0.2) is 18.2 Å². The zero-order chi connectivity index (χ0) is 11.4. The van der Waals surface area contributed by atoms with Crippen LogP contribution in [0.3, 0.4) is 0 Å². The molecule has 0 saturated heterocycles. The first-order valence-electron chi connectivity index (χ1n) is 4.02. The van der Waals surface area contributed by atoms with Gasteiger partial charge in [0.2, 0.25) is 10.9 Å². The predicted molar refractivity (Wildman–Crippen MR) is 55.2 cm³/mol. The van der Waals surface area contributed by atoms with Crippen LogP contribution in [-0.4, -0.2) is 19.5 Å². The second-order valence-corrected chi connectivity index (χ2v) is 3.49. The van der Waals surface area contributed by atoms with Crippen molar-refractivity contribution < 1.29 is 18.3 Å². The third-order valence-corrected chi connectivity index (χ3v) is 2.21. The van der Waals surface area contributed by atoms with Crippen LogP contribution in [0.2, 0.25) is 0 Å². The first-order chi connectivity index (χ1) is 7.04. The molecule has 0 bridgehead atoms. The maximum absolute atomic E-state index is 10.6. The number of aromatic carboxylic acids is 1. The molecule has 1 aromatic rings. The number of carbonyl (C=O) groups is 1. The van der Waals surface area contributed by atoms with Gasteiger partial charge < -0.3 is 10.8 Å². The number of hydrogen-bond donors (Lipinski definition) is 4. The zero-order valence-corrected chi connectivity index (χ0v) is 8.53. The topological polar surface area (TPSA) is 109 Å². The van der Waals surface area contributed by atoms with E-state index in [2.05, 4.69) is 4.72 Å². The van der Waals surface area contributed by atoms with Gasteiger partial charge >= 0.3 is 5.97 Å². The first-order valence-corrected chi connectivity index (χ1v) is 5.19. The minimum atomic E-state index is -2.83. The minimum absolute atomic E-state index is 0.00606. The van der Waals surface area contributed by atoms with Gasteiger partial charge in [-0.25, -0.2) is 13.2 Å². The second-order valence-electron chi connectivity index (χ2n) is 2.75. The molecular formula is C8H10N2O4S. The Morgan fingerprint density at radius 3 is 2.60 bits per heavy atom. The third kappa shape index (κ3) is 2.93. The summed E-state index contributed by atoms with van der Waals surface area (Å²) in [7, 11) is -2.83. The van der Waals surface area contributed by atoms with Crippen molar-refractivity contribution in [1.82, 2.24) is 0 Å². The van der Waals surface area contributed by atoms with Gasteiger partial charge in [0.15, 0.2) is 0 Å². The molecule has 82 valence electrons. The lowest BCUT2D eigenvalue weighted by atomic mass is 10.1. The largest absolute Gasteiger partial charge is 0.478 e. The molecule has 7 heteroatoms. The number of carboxylic acids is 1. The summed E-state index contributed by atoms with van der Waals surface area (Å²) < 4.78 is 23.0. The number of benzene rings is 1. The Bertz CT molecular complexity index is 448. The average Bonchev–Trinajstić information content (AvgIpc) is 2.16. The molecule has 0 aliphatic heterocycles. The molecule has 1 aromatic carbocycles. The maximum Gasteiger partial charge on any atom is 0.335 e. The van der Waals surface area contributed by atoms with E-state index in [0.717, 1.165) is 0 Å². The maximum atomic E-state index is 10.6. The molecular weight excluding hydrogens is 220 g/mol. The van der Waals surface area contributed by atoms with Crippen molar-refractivity contribution in [2.45, 2.75) is 6.54 Å². The van der Waals surface area contributed by atoms with Crippen molar-refractivity contribution in [3.8, 4) is 0 Å². The van der Waals surface area contributed by atoms with Crippen LogP contribution in [0.4, 0.5) is 5.69 Å². The van der Waals surface area contributed by atoms with Gasteiger partial charge in [0.25, 0.3) is 0 Å². The molecule has 6 nitrogen and oxygen atoms in total. The molecule has 0 fully saturated rings. The molecule has 0 amide bonds. The Balaban J connectivity index is 3.18. The molecule has 4 N–H and O–H groups in total. The van der Waals surface area contributed by atoms with Crippen LogP contribution in [0, 0.1) is 0 Å². The summed E-state index contributed by atoms with van der Waals surface area (Å²) in [5.41, 5.74) is 6.12. The summed E-state index contributed by atoms with van der Waals surface area (Å²) in [5.74, 6) is -1.12. The Morgan fingerprint density at radius 1 is 1.47 bits per heavy atom. The van der Waals surface area contributed by atoms with Crippen LogP contribution in [0.5, 0.6) is 0 Å². The number of carboxylic acid groups (broad SMARTS) is 1. The monoisotopic (exact) mass is 230 g/mol. The van der Waals surface area contributed by atoms with E-state index in [9.17, 15) is 13.2 Å². The highest BCUT2D eigenvalue weighted by Crippen LogP contribution is 2.17. The fraction of sp³-hybridized carbons (Fsp3) is 0.125. The number of thiol groups is 1. The Kier molecular flexibility index (Phi) is 3.64. The molecule has 15 heavy (non-hydrogen) atoms. The average molecular weight is 230 g/mol. The molecule has 0 spiro atoms. The van der Waals surface area contributed by atoms with E-state index in [1.807, 2.05) is 0 Å². The van der Waals surface area contributed by atoms with Crippen LogP contribution in [0.25, 0.3) is 0 Å². The van der Waals surface area contributed by atoms with Gasteiger partial charge in [-0.05, 0) is 17.7 Å². The third-order valence-electron chi connectivity index (χ3n) is 1.79. The van der Waals surface area contributed by atoms with Gasteiger partial charge in [-0.1, -0.05) is 6.07 Å². The molecule has 0 aromatic heterocycles. The lowest BCUT2D eigenvalue weighted by Gasteiger charge is -2.06. The molecule has 0 aliphatic rings. The fourth-order valence-corrected chi connectivity index (χ4v) is 1.49. The predicted octanol–water partition coefficient (Wildman–Crippen LogP) is -0.218. The summed E-state index contributed by atoms with van der Waals surface area (Å²) in [6.45, 7) is 0.130. The molecule has 0 heterocycles. The summed E-state index contributed by atoms with van der Waals surface area (Å²) >= 11 is 0. The zero-order valence-electron chi connectivity index (χ0n) is 7.64. The number of nitrogens with two attached hydrogens (primary N) is 1. The number of anilines is 1. The van der Waals surface area contributed by atoms with E-state index >= 15 is 0 Å². The Morgan fingerprint density at radius 2 is 2.13 bits per heavy atom. The summed E-state index contributed by atoms with van der Waals surface area (Å²) in [6.07, 6.45) is 0. The summed E-state index contributed by atoms with van der Waals surface area (Å²) in [5, 5.41) is 8.70. The number of nitrogens with one attached hydrogen (secondary N) is 1. The summed E-state index contributed by atoms with van der Waals surface area (Å²) in [4.78, 5) is 10.6. The minimum Gasteiger partial charge on any atom is -0.478 e. The van der Waals surface area contributed by atoms with Crippen LogP contribution < -0.4 is 10.5 Å². The van der Waals surface area contributed by atoms with Crippen molar-refractivity contribution in [3.05, 3.63) is 29.3 Å². The second kappa shape index (κ2) is 4.76. The van der Waals surface area contributed by atoms with Gasteiger partial charge in [0.1, 0.15) is 0 Å². The lowest BCUT2D eigenvalue weighted by Crippen LogP contribution is -2.06. The van der Waals surface area contributed by atoms with E-state index in [4.69, 9.17) is 10.8 Å². The van der Waals surface area contributed by atoms with Gasteiger partial charge in [-0.2, -0.15) is 0 Å². The van der Waals surface area contributed by atoms with E-state index in [-0.39, 0.29) is 17.8 Å². The van der Waals surface area contributed by atoms with E-state index in [1.54, 1.807) is 0 Å².